The molecular formula is C24H18F17NO2. The van der Waals surface area contributed by atoms with E-state index in [1.54, 1.807) is 24.3 Å². The third kappa shape index (κ3) is 6.03. The summed E-state index contributed by atoms with van der Waals surface area (Å²) in [5.74, 6) is -56.9. The Kier molecular flexibility index (Phi) is 9.23. The molecular weight excluding hydrogens is 657 g/mol. The lowest BCUT2D eigenvalue weighted by Gasteiger charge is -2.43. The third-order valence-corrected chi connectivity index (χ3v) is 6.19. The van der Waals surface area contributed by atoms with Crippen LogP contribution in [-0.4, -0.2) is 59.3 Å². The van der Waals surface area contributed by atoms with Crippen LogP contribution in [0.4, 0.5) is 85.1 Å². The van der Waals surface area contributed by atoms with Crippen molar-refractivity contribution in [2.75, 3.05) is 5.32 Å². The predicted molar refractivity (Wildman–Crippen MR) is 118 cm³/mol. The summed E-state index contributed by atoms with van der Waals surface area (Å²) >= 11 is 0. The number of rotatable bonds is 11. The highest BCUT2D eigenvalue weighted by molar-refractivity contribution is 5.91. The van der Waals surface area contributed by atoms with Gasteiger partial charge >= 0.3 is 53.7 Å². The number of ether oxygens (including phenoxy) is 1. The molecule has 20 heteroatoms. The van der Waals surface area contributed by atoms with Gasteiger partial charge in [-0.25, -0.2) is 4.79 Å². The van der Waals surface area contributed by atoms with Crippen LogP contribution < -0.4 is 5.32 Å². The molecule has 1 N–H and O–H groups in total. The van der Waals surface area contributed by atoms with E-state index in [2.05, 4.69) is 5.32 Å². The standard InChI is InChI=1S/C24H18F17NO2/c1-16(2,44-15(43)42-14-8-7-12-5-3-4-6-13(12)11-14)9-10-17(25,26)18(27,28)19(29,30)20(31,32)21(33,34)22(35,36)23(37,38)24(39,40)41/h3-8,11H,9-10H2,1-2H3,(H,42,43). The zero-order valence-electron chi connectivity index (χ0n) is 21.7. The number of anilines is 1. The van der Waals surface area contributed by atoms with E-state index < -0.39 is 72.2 Å². The van der Waals surface area contributed by atoms with E-state index in [0.29, 0.717) is 24.6 Å². The van der Waals surface area contributed by atoms with Crippen LogP contribution in [0.15, 0.2) is 42.5 Å². The van der Waals surface area contributed by atoms with Gasteiger partial charge in [-0.3, -0.25) is 5.32 Å². The number of carbonyl (C=O) groups is 1. The van der Waals surface area contributed by atoms with Crippen molar-refractivity contribution in [3.8, 4) is 0 Å². The minimum absolute atomic E-state index is 0.0390. The van der Waals surface area contributed by atoms with Crippen LogP contribution in [0.3, 0.4) is 0 Å². The average molecular weight is 675 g/mol. The Morgan fingerprint density at radius 3 is 1.50 bits per heavy atom. The number of carbonyl (C=O) groups excluding carboxylic acids is 1. The Morgan fingerprint density at radius 2 is 1.02 bits per heavy atom. The first-order chi connectivity index (χ1) is 19.4. The maximum absolute atomic E-state index is 14.2. The predicted octanol–water partition coefficient (Wildman–Crippen LogP) is 9.96. The lowest BCUT2D eigenvalue weighted by molar-refractivity contribution is -0.462. The fourth-order valence-corrected chi connectivity index (χ4v) is 3.52. The van der Waals surface area contributed by atoms with Crippen LogP contribution >= 0.6 is 0 Å². The van der Waals surface area contributed by atoms with E-state index in [-0.39, 0.29) is 5.69 Å². The van der Waals surface area contributed by atoms with Crippen molar-refractivity contribution in [1.82, 2.24) is 0 Å². The number of hydrogen-bond acceptors (Lipinski definition) is 2. The molecule has 2 aromatic rings. The van der Waals surface area contributed by atoms with Crippen molar-refractivity contribution in [3.63, 3.8) is 0 Å². The molecule has 0 aliphatic carbocycles. The van der Waals surface area contributed by atoms with E-state index in [1.807, 2.05) is 0 Å². The van der Waals surface area contributed by atoms with Crippen molar-refractivity contribution in [3.05, 3.63) is 42.5 Å². The first-order valence-electron chi connectivity index (χ1n) is 11.6. The van der Waals surface area contributed by atoms with Crippen molar-refractivity contribution >= 4 is 22.6 Å². The molecule has 0 saturated heterocycles. The van der Waals surface area contributed by atoms with Gasteiger partial charge in [0.2, 0.25) is 0 Å². The van der Waals surface area contributed by atoms with Gasteiger partial charge in [-0.05, 0) is 43.2 Å². The molecule has 0 atom stereocenters. The topological polar surface area (TPSA) is 38.3 Å². The summed E-state index contributed by atoms with van der Waals surface area (Å²) in [5.41, 5.74) is -2.30. The quantitative estimate of drug-likeness (QED) is 0.241. The lowest BCUT2D eigenvalue weighted by Crippen LogP contribution is -2.74. The molecule has 250 valence electrons. The Morgan fingerprint density at radius 1 is 0.591 bits per heavy atom. The maximum atomic E-state index is 14.2. The van der Waals surface area contributed by atoms with E-state index in [0.717, 1.165) is 0 Å². The zero-order valence-corrected chi connectivity index (χ0v) is 21.7. The largest absolute Gasteiger partial charge is 0.460 e. The van der Waals surface area contributed by atoms with Crippen LogP contribution in [0.5, 0.6) is 0 Å². The molecule has 0 heterocycles. The number of amides is 1. The van der Waals surface area contributed by atoms with E-state index in [4.69, 9.17) is 4.74 Å². The molecule has 2 aromatic carbocycles. The first kappa shape index (κ1) is 37.0. The van der Waals surface area contributed by atoms with E-state index in [9.17, 15) is 79.4 Å². The smallest absolute Gasteiger partial charge is 0.443 e. The molecule has 0 fully saturated rings. The van der Waals surface area contributed by atoms with Crippen LogP contribution in [0.2, 0.25) is 0 Å². The Labute approximate surface area is 235 Å². The molecule has 2 rings (SSSR count). The molecule has 44 heavy (non-hydrogen) atoms. The Balaban J connectivity index is 2.26. The highest BCUT2D eigenvalue weighted by Gasteiger charge is 2.95. The van der Waals surface area contributed by atoms with Crippen molar-refractivity contribution in [1.29, 1.82) is 0 Å². The van der Waals surface area contributed by atoms with Crippen LogP contribution in [0, 0.1) is 0 Å². The Bertz CT molecular complexity index is 1350. The monoisotopic (exact) mass is 675 g/mol. The maximum Gasteiger partial charge on any atom is 0.460 e. The normalized spacial score (nSPS) is 15.0. The van der Waals surface area contributed by atoms with Gasteiger partial charge in [0.15, 0.2) is 0 Å². The first-order valence-corrected chi connectivity index (χ1v) is 11.6. The second kappa shape index (κ2) is 11.0. The molecule has 0 spiro atoms. The number of alkyl halides is 17. The molecule has 0 radical (unpaired) electrons. The van der Waals surface area contributed by atoms with E-state index in [1.165, 1.54) is 18.2 Å². The number of nitrogens with one attached hydrogen (secondary N) is 1. The van der Waals surface area contributed by atoms with Gasteiger partial charge in [0, 0.05) is 12.1 Å². The van der Waals surface area contributed by atoms with Crippen molar-refractivity contribution < 1.29 is 84.2 Å². The average Bonchev–Trinajstić information content (AvgIpc) is 2.85. The minimum atomic E-state index is -8.69. The SMILES string of the molecule is CC(C)(CCC(F)(F)C(F)(F)C(F)(F)C(F)(F)C(F)(F)C(F)(F)C(F)(F)C(F)(F)F)OC(=O)Nc1ccc2ccccc2c1. The van der Waals surface area contributed by atoms with Crippen molar-refractivity contribution in [2.24, 2.45) is 0 Å². The van der Waals surface area contributed by atoms with Gasteiger partial charge in [-0.2, -0.15) is 74.6 Å². The van der Waals surface area contributed by atoms with Crippen LogP contribution in [0.1, 0.15) is 26.7 Å². The van der Waals surface area contributed by atoms with Gasteiger partial charge in [-0.15, -0.1) is 0 Å². The highest BCUT2D eigenvalue weighted by atomic mass is 19.4. The molecule has 0 aromatic heterocycles. The van der Waals surface area contributed by atoms with Crippen LogP contribution in [0.25, 0.3) is 10.8 Å². The summed E-state index contributed by atoms with van der Waals surface area (Å²) in [6.45, 7) is 1.42. The van der Waals surface area contributed by atoms with Gasteiger partial charge in [-0.1, -0.05) is 30.3 Å². The molecule has 3 nitrogen and oxygen atoms in total. The fraction of sp³-hybridized carbons (Fsp3) is 0.542. The molecule has 1 amide bonds. The highest BCUT2D eigenvalue weighted by Crippen LogP contribution is 2.64. The summed E-state index contributed by atoms with van der Waals surface area (Å²) in [4.78, 5) is 12.1. The lowest BCUT2D eigenvalue weighted by atomic mass is 9.87. The second-order valence-electron chi connectivity index (χ2n) is 9.98. The molecule has 0 saturated carbocycles. The summed E-state index contributed by atoms with van der Waals surface area (Å²) in [7, 11) is 0. The van der Waals surface area contributed by atoms with Gasteiger partial charge in [0.05, 0.1) is 0 Å². The molecule has 0 aliphatic heterocycles. The molecule has 0 unspecified atom stereocenters. The van der Waals surface area contributed by atoms with Gasteiger partial charge < -0.3 is 4.74 Å². The summed E-state index contributed by atoms with van der Waals surface area (Å²) in [5, 5.41) is 3.38. The summed E-state index contributed by atoms with van der Waals surface area (Å²) in [6.07, 6.45) is -13.6. The summed E-state index contributed by atoms with van der Waals surface area (Å²) in [6, 6.07) is 10.8. The van der Waals surface area contributed by atoms with Crippen molar-refractivity contribution in [2.45, 2.75) is 79.9 Å². The zero-order chi connectivity index (χ0) is 34.6. The fourth-order valence-electron chi connectivity index (χ4n) is 3.52. The van der Waals surface area contributed by atoms with Gasteiger partial charge in [0.1, 0.15) is 5.60 Å². The third-order valence-electron chi connectivity index (χ3n) is 6.19. The second-order valence-corrected chi connectivity index (χ2v) is 9.98. The van der Waals surface area contributed by atoms with Gasteiger partial charge in [0.25, 0.3) is 0 Å². The number of hydrogen-bond donors (Lipinski definition) is 1. The minimum Gasteiger partial charge on any atom is -0.443 e. The molecule has 0 aliphatic rings. The number of halogens is 17. The Hall–Kier alpha value is -3.22. The summed E-state index contributed by atoms with van der Waals surface area (Å²) < 4.78 is 233. The number of benzene rings is 2. The van der Waals surface area contributed by atoms with E-state index >= 15 is 0 Å². The van der Waals surface area contributed by atoms with Crippen LogP contribution in [-0.2, 0) is 4.74 Å². The number of fused-ring (bicyclic) bond motifs is 1. The molecule has 0 bridgehead atoms.